The lowest BCUT2D eigenvalue weighted by atomic mass is 10.0. The monoisotopic (exact) mass is 880 g/mol. The highest BCUT2D eigenvalue weighted by Gasteiger charge is 2.32. The van der Waals surface area contributed by atoms with E-state index in [9.17, 15) is 28.0 Å². The molecule has 1 aliphatic carbocycles. The second-order valence-corrected chi connectivity index (χ2v) is 16.0. The molecule has 1 saturated heterocycles. The largest absolute Gasteiger partial charge is 0.444 e. The summed E-state index contributed by atoms with van der Waals surface area (Å²) in [7, 11) is 1.69. The van der Waals surface area contributed by atoms with Crippen molar-refractivity contribution in [2.45, 2.75) is 64.0 Å². The summed E-state index contributed by atoms with van der Waals surface area (Å²) in [6.07, 6.45) is 5.46. The number of aryl methyl sites for hydroxylation is 2. The quantitative estimate of drug-likeness (QED) is 0.0495. The number of amides is 3. The van der Waals surface area contributed by atoms with Gasteiger partial charge in [-0.2, -0.15) is 5.10 Å². The Labute approximate surface area is 366 Å². The van der Waals surface area contributed by atoms with Gasteiger partial charge in [0, 0.05) is 51.0 Å². The number of hydrogen-bond donors (Lipinski definition) is 4. The topological polar surface area (TPSA) is 201 Å². The molecule has 0 radical (unpaired) electrons. The second kappa shape index (κ2) is 19.9. The summed E-state index contributed by atoms with van der Waals surface area (Å²) in [5.74, 6) is 0.0192. The van der Waals surface area contributed by atoms with Crippen molar-refractivity contribution in [3.8, 4) is 17.1 Å². The standard InChI is InChI=1S/C45H50F2N10O7/c1-27(48-18-20-63-22-21-62-19-4-6-30-5-3-7-35-40(30)55(2)45(61)57(35)36-14-15-38(58)53-43(36)60)29-10-12-32(13-11-29)56-25-33(39(54-56)41(46)47)51-42(59)34-26-64-44(52-34)31-16-17-49-37(23-31)50-24-28-8-9-28/h3,5,7,10-13,16-17,23,25-28,36,41,48H,4,6,8-9,14-15,18-22,24H2,1-2H3,(H,49,50)(H,51,59)(H,53,58,60). The number of hydrogen-bond acceptors (Lipinski definition) is 12. The third kappa shape index (κ3) is 10.3. The molecule has 0 bridgehead atoms. The van der Waals surface area contributed by atoms with Gasteiger partial charge in [0.1, 0.15) is 18.1 Å². The van der Waals surface area contributed by atoms with Gasteiger partial charge in [-0.25, -0.2) is 28.2 Å². The van der Waals surface area contributed by atoms with Crippen molar-refractivity contribution in [1.82, 2.24) is 39.5 Å². The van der Waals surface area contributed by atoms with Crippen LogP contribution in [-0.2, 0) is 32.5 Å². The van der Waals surface area contributed by atoms with Crippen molar-refractivity contribution in [2.75, 3.05) is 50.2 Å². The van der Waals surface area contributed by atoms with Crippen LogP contribution in [0.2, 0.25) is 0 Å². The van der Waals surface area contributed by atoms with Crippen LogP contribution in [0.3, 0.4) is 0 Å². The molecule has 2 fully saturated rings. The van der Waals surface area contributed by atoms with Gasteiger partial charge in [0.2, 0.25) is 17.7 Å². The zero-order valence-corrected chi connectivity index (χ0v) is 35.5. The van der Waals surface area contributed by atoms with E-state index in [-0.39, 0.29) is 47.8 Å². The lowest BCUT2D eigenvalue weighted by molar-refractivity contribution is -0.135. The van der Waals surface area contributed by atoms with Crippen molar-refractivity contribution < 1.29 is 37.1 Å². The summed E-state index contributed by atoms with van der Waals surface area (Å²) in [6.45, 7) is 5.22. The number of imidazole rings is 1. The molecule has 6 aromatic rings. The molecule has 336 valence electrons. The summed E-state index contributed by atoms with van der Waals surface area (Å²) >= 11 is 0. The number of para-hydroxylation sites is 1. The molecule has 2 aliphatic rings. The van der Waals surface area contributed by atoms with E-state index >= 15 is 0 Å². The predicted molar refractivity (Wildman–Crippen MR) is 232 cm³/mol. The van der Waals surface area contributed by atoms with Crippen LogP contribution in [0, 0.1) is 5.92 Å². The Morgan fingerprint density at radius 1 is 1.02 bits per heavy atom. The molecule has 3 amide bonds. The minimum absolute atomic E-state index is 0.0343. The summed E-state index contributed by atoms with van der Waals surface area (Å²) in [5, 5.41) is 15.6. The number of halogens is 2. The van der Waals surface area contributed by atoms with E-state index < -0.39 is 30.0 Å². The number of alkyl halides is 2. The highest BCUT2D eigenvalue weighted by Crippen LogP contribution is 2.31. The van der Waals surface area contributed by atoms with Crippen LogP contribution >= 0.6 is 0 Å². The Morgan fingerprint density at radius 3 is 2.58 bits per heavy atom. The number of rotatable bonds is 21. The van der Waals surface area contributed by atoms with Gasteiger partial charge in [0.05, 0.1) is 48.4 Å². The Bertz CT molecular complexity index is 2670. The molecule has 0 spiro atoms. The lowest BCUT2D eigenvalue weighted by Gasteiger charge is -2.21. The van der Waals surface area contributed by atoms with Gasteiger partial charge in [-0.1, -0.05) is 24.3 Å². The number of fused-ring (bicyclic) bond motifs is 1. The summed E-state index contributed by atoms with van der Waals surface area (Å²) in [6, 6.07) is 15.7. The average Bonchev–Trinajstić information content (AvgIpc) is 3.70. The van der Waals surface area contributed by atoms with Crippen molar-refractivity contribution in [2.24, 2.45) is 13.0 Å². The number of aromatic nitrogens is 6. The molecule has 19 heteroatoms. The first kappa shape index (κ1) is 44.1. The maximum Gasteiger partial charge on any atom is 0.329 e. The van der Waals surface area contributed by atoms with Gasteiger partial charge in [-0.15, -0.1) is 0 Å². The molecule has 17 nitrogen and oxygen atoms in total. The van der Waals surface area contributed by atoms with E-state index in [4.69, 9.17) is 13.9 Å². The molecule has 4 aromatic heterocycles. The first-order chi connectivity index (χ1) is 31.0. The van der Waals surface area contributed by atoms with Crippen molar-refractivity contribution in [3.05, 3.63) is 106 Å². The third-order valence-electron chi connectivity index (χ3n) is 11.4. The number of benzene rings is 2. The number of oxazole rings is 1. The fourth-order valence-electron chi connectivity index (χ4n) is 7.72. The van der Waals surface area contributed by atoms with E-state index in [2.05, 4.69) is 36.3 Å². The third-order valence-corrected chi connectivity index (χ3v) is 11.4. The molecular formula is C45H50F2N10O7. The number of anilines is 2. The van der Waals surface area contributed by atoms with Crippen LogP contribution in [0.5, 0.6) is 0 Å². The number of ether oxygens (including phenoxy) is 2. The molecule has 64 heavy (non-hydrogen) atoms. The summed E-state index contributed by atoms with van der Waals surface area (Å²) < 4.78 is 49.6. The van der Waals surface area contributed by atoms with E-state index in [0.29, 0.717) is 67.9 Å². The predicted octanol–water partition coefficient (Wildman–Crippen LogP) is 5.88. The van der Waals surface area contributed by atoms with Gasteiger partial charge >= 0.3 is 5.69 Å². The number of piperidine rings is 1. The number of carbonyl (C=O) groups is 3. The van der Waals surface area contributed by atoms with Crippen LogP contribution in [0.15, 0.2) is 82.5 Å². The molecular weight excluding hydrogens is 831 g/mol. The molecule has 2 unspecified atom stereocenters. The van der Waals surface area contributed by atoms with Crippen molar-refractivity contribution in [1.29, 1.82) is 0 Å². The smallest absolute Gasteiger partial charge is 0.329 e. The Balaban J connectivity index is 0.752. The van der Waals surface area contributed by atoms with Crippen molar-refractivity contribution >= 4 is 40.3 Å². The highest BCUT2D eigenvalue weighted by atomic mass is 19.3. The number of imide groups is 1. The van der Waals surface area contributed by atoms with Gasteiger partial charge in [-0.3, -0.25) is 28.8 Å². The van der Waals surface area contributed by atoms with E-state index in [0.717, 1.165) is 29.6 Å². The minimum atomic E-state index is -2.94. The van der Waals surface area contributed by atoms with Crippen molar-refractivity contribution in [3.63, 3.8) is 0 Å². The van der Waals surface area contributed by atoms with Gasteiger partial charge in [-0.05, 0) is 86.4 Å². The first-order valence-corrected chi connectivity index (χ1v) is 21.4. The minimum Gasteiger partial charge on any atom is -0.444 e. The molecule has 1 saturated carbocycles. The summed E-state index contributed by atoms with van der Waals surface area (Å²) in [4.78, 5) is 59.1. The Morgan fingerprint density at radius 2 is 1.81 bits per heavy atom. The maximum atomic E-state index is 14.1. The van der Waals surface area contributed by atoms with Gasteiger partial charge < -0.3 is 29.8 Å². The van der Waals surface area contributed by atoms with E-state index in [1.54, 1.807) is 42.1 Å². The zero-order valence-electron chi connectivity index (χ0n) is 35.5. The van der Waals surface area contributed by atoms with Crippen LogP contribution in [0.25, 0.3) is 28.2 Å². The molecule has 2 aromatic carbocycles. The average molecular weight is 881 g/mol. The van der Waals surface area contributed by atoms with Crippen LogP contribution in [-0.4, -0.2) is 86.1 Å². The maximum absolute atomic E-state index is 14.1. The lowest BCUT2D eigenvalue weighted by Crippen LogP contribution is -2.44. The Kier molecular flexibility index (Phi) is 13.7. The fourth-order valence-corrected chi connectivity index (χ4v) is 7.72. The van der Waals surface area contributed by atoms with Gasteiger partial charge in [0.15, 0.2) is 11.4 Å². The van der Waals surface area contributed by atoms with E-state index in [1.807, 2.05) is 37.3 Å². The number of pyridine rings is 1. The fraction of sp³-hybridized carbons (Fsp3) is 0.400. The molecule has 2 atom stereocenters. The van der Waals surface area contributed by atoms with E-state index in [1.165, 1.54) is 34.6 Å². The second-order valence-electron chi connectivity index (χ2n) is 16.0. The number of carbonyl (C=O) groups excluding carboxylic acids is 3. The molecule has 4 N–H and O–H groups in total. The summed E-state index contributed by atoms with van der Waals surface area (Å²) in [5.41, 5.74) is 3.42. The van der Waals surface area contributed by atoms with Gasteiger partial charge in [0.25, 0.3) is 12.3 Å². The Hall–Kier alpha value is -6.57. The highest BCUT2D eigenvalue weighted by molar-refractivity contribution is 6.03. The molecule has 8 rings (SSSR count). The number of nitrogens with zero attached hydrogens (tertiary/aromatic N) is 6. The normalized spacial score (nSPS) is 15.8. The van der Waals surface area contributed by atoms with Crippen LogP contribution in [0.4, 0.5) is 20.3 Å². The van der Waals surface area contributed by atoms with Crippen LogP contribution < -0.4 is 27.0 Å². The SMILES string of the molecule is CC(NCCOCCOCCCc1cccc2c1n(C)c(=O)n2C1CCC(=O)NC1=O)c1ccc(-n2cc(NC(=O)c3coc(-c4ccnc(NCC5CC5)c4)n3)c(C(F)F)n2)cc1. The van der Waals surface area contributed by atoms with Crippen LogP contribution in [0.1, 0.15) is 84.8 Å². The first-order valence-electron chi connectivity index (χ1n) is 21.4. The zero-order chi connectivity index (χ0) is 44.7. The molecule has 1 aliphatic heterocycles. The molecule has 5 heterocycles. The number of nitrogens with one attached hydrogen (secondary N) is 4.